The van der Waals surface area contributed by atoms with Crippen molar-refractivity contribution < 1.29 is 13.6 Å². The van der Waals surface area contributed by atoms with Crippen molar-refractivity contribution in [2.45, 2.75) is 32.6 Å². The number of nitrogens with zero attached hydrogens (tertiary/aromatic N) is 2. The molecule has 158 valence electrons. The quantitative estimate of drug-likeness (QED) is 0.665. The molecular weight excluding hydrogens is 420 g/mol. The maximum absolute atomic E-state index is 14.8. The predicted octanol–water partition coefficient (Wildman–Crippen LogP) is 5.56. The number of Topliss-reactive ketones (excluding diaryl/α,β-unsaturated/α-hetero) is 1. The molecule has 0 amide bonds. The molecule has 2 aromatic rings. The number of ketones is 1. The van der Waals surface area contributed by atoms with E-state index >= 15 is 0 Å². The van der Waals surface area contributed by atoms with Gasteiger partial charge in [-0.2, -0.15) is 5.26 Å². The van der Waals surface area contributed by atoms with Gasteiger partial charge in [-0.1, -0.05) is 43.6 Å². The number of nitriles is 1. The molecule has 0 saturated heterocycles. The zero-order valence-corrected chi connectivity index (χ0v) is 17.8. The van der Waals surface area contributed by atoms with Crippen LogP contribution in [0.4, 0.5) is 14.5 Å². The van der Waals surface area contributed by atoms with Gasteiger partial charge >= 0.3 is 0 Å². The van der Waals surface area contributed by atoms with Gasteiger partial charge in [0.25, 0.3) is 0 Å². The van der Waals surface area contributed by atoms with Crippen LogP contribution in [-0.4, -0.2) is 5.78 Å². The molecule has 1 heterocycles. The Bertz CT molecular complexity index is 1190. The maximum atomic E-state index is 14.8. The molecule has 0 unspecified atom stereocenters. The Hall–Kier alpha value is -3.17. The van der Waals surface area contributed by atoms with Crippen LogP contribution in [0.25, 0.3) is 0 Å². The van der Waals surface area contributed by atoms with E-state index in [0.717, 1.165) is 12.1 Å². The molecule has 0 spiro atoms. The van der Waals surface area contributed by atoms with Crippen LogP contribution in [0, 0.1) is 28.4 Å². The van der Waals surface area contributed by atoms with Crippen molar-refractivity contribution in [3.8, 4) is 6.07 Å². The summed E-state index contributed by atoms with van der Waals surface area (Å²) in [6, 6.07) is 12.4. The molecule has 0 bridgehead atoms. The Morgan fingerprint density at radius 2 is 1.81 bits per heavy atom. The average Bonchev–Trinajstić information content (AvgIpc) is 2.68. The van der Waals surface area contributed by atoms with Crippen LogP contribution in [0.2, 0.25) is 5.02 Å². The Labute approximate surface area is 184 Å². The molecule has 1 aliphatic heterocycles. The van der Waals surface area contributed by atoms with Gasteiger partial charge in [-0.25, -0.2) is 8.78 Å². The number of halogens is 3. The van der Waals surface area contributed by atoms with Crippen LogP contribution >= 0.6 is 11.6 Å². The normalized spacial score (nSPS) is 20.6. The average molecular weight is 440 g/mol. The lowest BCUT2D eigenvalue weighted by Crippen LogP contribution is -2.42. The lowest BCUT2D eigenvalue weighted by atomic mass is 9.68. The Kier molecular flexibility index (Phi) is 5.10. The smallest absolute Gasteiger partial charge is 0.162 e. The molecular formula is C24H20ClF2N3O. The molecule has 4 nitrogen and oxygen atoms in total. The van der Waals surface area contributed by atoms with Crippen molar-refractivity contribution in [2.24, 2.45) is 11.1 Å². The molecule has 7 heteroatoms. The van der Waals surface area contributed by atoms with Crippen molar-refractivity contribution in [3.05, 3.63) is 87.3 Å². The van der Waals surface area contributed by atoms with Crippen molar-refractivity contribution in [1.29, 1.82) is 5.26 Å². The third-order valence-electron chi connectivity index (χ3n) is 5.72. The summed E-state index contributed by atoms with van der Waals surface area (Å²) in [5.74, 6) is -2.69. The first-order valence-electron chi connectivity index (χ1n) is 9.80. The fourth-order valence-corrected chi connectivity index (χ4v) is 4.69. The molecule has 1 atom stereocenters. The van der Waals surface area contributed by atoms with Crippen LogP contribution in [0.5, 0.6) is 0 Å². The van der Waals surface area contributed by atoms with E-state index in [1.165, 1.54) is 11.0 Å². The van der Waals surface area contributed by atoms with Crippen LogP contribution in [0.15, 0.2) is 65.1 Å². The Morgan fingerprint density at radius 1 is 1.16 bits per heavy atom. The van der Waals surface area contributed by atoms with E-state index in [1.54, 1.807) is 24.3 Å². The van der Waals surface area contributed by atoms with Crippen molar-refractivity contribution in [3.63, 3.8) is 0 Å². The van der Waals surface area contributed by atoms with Gasteiger partial charge in [0.1, 0.15) is 23.1 Å². The van der Waals surface area contributed by atoms with Gasteiger partial charge in [-0.15, -0.1) is 0 Å². The molecule has 2 N–H and O–H groups in total. The second kappa shape index (κ2) is 7.51. The van der Waals surface area contributed by atoms with Gasteiger partial charge in [0, 0.05) is 22.7 Å². The summed E-state index contributed by atoms with van der Waals surface area (Å²) >= 11 is 6.17. The monoisotopic (exact) mass is 439 g/mol. The van der Waals surface area contributed by atoms with Crippen LogP contribution in [-0.2, 0) is 4.79 Å². The van der Waals surface area contributed by atoms with Crippen LogP contribution in [0.1, 0.15) is 38.2 Å². The van der Waals surface area contributed by atoms with E-state index in [-0.39, 0.29) is 23.6 Å². The SMILES string of the molecule is CC1(C)CC(=O)C2=C(C1)N(c1c(F)cccc1F)C(N)=C(C#N)[C@H]2c1cccc(Cl)c1. The zero-order valence-electron chi connectivity index (χ0n) is 17.0. The third-order valence-corrected chi connectivity index (χ3v) is 5.96. The number of carbonyl (C=O) groups is 1. The highest BCUT2D eigenvalue weighted by Crippen LogP contribution is 2.50. The maximum Gasteiger partial charge on any atom is 0.162 e. The highest BCUT2D eigenvalue weighted by molar-refractivity contribution is 6.30. The predicted molar refractivity (Wildman–Crippen MR) is 115 cm³/mol. The minimum Gasteiger partial charge on any atom is -0.384 e. The van der Waals surface area contributed by atoms with Crippen molar-refractivity contribution in [1.82, 2.24) is 0 Å². The first kappa shape index (κ1) is 21.1. The molecule has 4 rings (SSSR count). The number of benzene rings is 2. The first-order valence-corrected chi connectivity index (χ1v) is 10.2. The minimum absolute atomic E-state index is 0.0525. The summed E-state index contributed by atoms with van der Waals surface area (Å²) in [7, 11) is 0. The Morgan fingerprint density at radius 3 is 2.42 bits per heavy atom. The number of allylic oxidation sites excluding steroid dienone is 3. The van der Waals surface area contributed by atoms with Crippen molar-refractivity contribution >= 4 is 23.1 Å². The lowest BCUT2D eigenvalue weighted by molar-refractivity contribution is -0.118. The highest BCUT2D eigenvalue weighted by atomic mass is 35.5. The molecule has 1 aliphatic carbocycles. The molecule has 2 aromatic carbocycles. The van der Waals surface area contributed by atoms with Gasteiger partial charge in [-0.3, -0.25) is 9.69 Å². The van der Waals surface area contributed by atoms with E-state index in [0.29, 0.717) is 28.3 Å². The topological polar surface area (TPSA) is 70.1 Å². The summed E-state index contributed by atoms with van der Waals surface area (Å²) in [5, 5.41) is 10.4. The number of hydrogen-bond donors (Lipinski definition) is 1. The van der Waals surface area contributed by atoms with Gasteiger partial charge < -0.3 is 5.73 Å². The molecule has 0 saturated carbocycles. The fourth-order valence-electron chi connectivity index (χ4n) is 4.49. The molecule has 0 aromatic heterocycles. The number of para-hydroxylation sites is 1. The third kappa shape index (κ3) is 3.49. The fraction of sp³-hybridized carbons (Fsp3) is 0.250. The van der Waals surface area contributed by atoms with E-state index < -0.39 is 28.7 Å². The number of hydrogen-bond acceptors (Lipinski definition) is 4. The highest BCUT2D eigenvalue weighted by Gasteiger charge is 2.45. The summed E-state index contributed by atoms with van der Waals surface area (Å²) in [6.07, 6.45) is 0.605. The second-order valence-electron chi connectivity index (χ2n) is 8.61. The van der Waals surface area contributed by atoms with Gasteiger partial charge in [0.05, 0.1) is 17.6 Å². The Balaban J connectivity index is 2.06. The van der Waals surface area contributed by atoms with E-state index in [1.807, 2.05) is 13.8 Å². The minimum atomic E-state index is -0.830. The van der Waals surface area contributed by atoms with Crippen molar-refractivity contribution in [2.75, 3.05) is 4.90 Å². The first-order chi connectivity index (χ1) is 14.6. The summed E-state index contributed by atoms with van der Waals surface area (Å²) in [4.78, 5) is 14.6. The zero-order chi connectivity index (χ0) is 22.5. The number of carbonyl (C=O) groups excluding carboxylic acids is 1. The van der Waals surface area contributed by atoms with Gasteiger partial charge in [-0.05, 0) is 41.7 Å². The number of anilines is 1. The lowest BCUT2D eigenvalue weighted by Gasteiger charge is -2.43. The summed E-state index contributed by atoms with van der Waals surface area (Å²) in [6.45, 7) is 3.83. The standard InChI is InChI=1S/C24H20ClF2N3O/c1-24(2)10-18-21(19(31)11-24)20(13-5-3-6-14(25)9-13)15(12-28)23(29)30(18)22-16(26)7-4-8-17(22)27/h3-9,20H,10-11,29H2,1-2H3/t20-/m1/s1. The molecule has 31 heavy (non-hydrogen) atoms. The second-order valence-corrected chi connectivity index (χ2v) is 9.04. The molecule has 0 fully saturated rings. The summed E-state index contributed by atoms with van der Waals surface area (Å²) in [5.41, 5.74) is 6.96. The van der Waals surface area contributed by atoms with Gasteiger partial charge in [0.2, 0.25) is 0 Å². The van der Waals surface area contributed by atoms with Crippen LogP contribution in [0.3, 0.4) is 0 Å². The molecule has 0 radical (unpaired) electrons. The number of nitrogens with two attached hydrogens (primary N) is 1. The van der Waals surface area contributed by atoms with E-state index in [2.05, 4.69) is 6.07 Å². The molecule has 2 aliphatic rings. The van der Waals surface area contributed by atoms with Gasteiger partial charge in [0.15, 0.2) is 5.78 Å². The number of rotatable bonds is 2. The van der Waals surface area contributed by atoms with E-state index in [4.69, 9.17) is 17.3 Å². The summed E-state index contributed by atoms with van der Waals surface area (Å²) < 4.78 is 29.6. The van der Waals surface area contributed by atoms with E-state index in [9.17, 15) is 18.8 Å². The van der Waals surface area contributed by atoms with Crippen LogP contribution < -0.4 is 10.6 Å². The largest absolute Gasteiger partial charge is 0.384 e.